The number of carboxylic acid groups (broad SMARTS) is 2. The van der Waals surface area contributed by atoms with Gasteiger partial charge in [0, 0.05) is 5.92 Å². The van der Waals surface area contributed by atoms with Crippen LogP contribution < -0.4 is 5.73 Å². The molecule has 0 saturated heterocycles. The van der Waals surface area contributed by atoms with Crippen molar-refractivity contribution in [3.05, 3.63) is 48.0 Å². The first-order valence-electron chi connectivity index (χ1n) is 7.65. The number of hydrogen-bond acceptors (Lipinski definition) is 3. The van der Waals surface area contributed by atoms with Crippen LogP contribution in [0.5, 0.6) is 0 Å². The lowest BCUT2D eigenvalue weighted by atomic mass is 9.85. The molecule has 3 unspecified atom stereocenters. The standard InChI is InChI=1S/C18H19NO4/c19-18(17(22)23,15-10-14(15)16(20)21)9-8-12-6-3-5-11-4-1-2-7-13(11)12/h1-7,14-15H,8-10,19H2,(H,20,21)(H,22,23). The highest BCUT2D eigenvalue weighted by Crippen LogP contribution is 2.47. The van der Waals surface area contributed by atoms with Crippen LogP contribution in [0.25, 0.3) is 10.8 Å². The lowest BCUT2D eigenvalue weighted by Gasteiger charge is -2.25. The molecule has 0 heterocycles. The molecule has 1 aliphatic rings. The molecule has 4 N–H and O–H groups in total. The average Bonchev–Trinajstić information content (AvgIpc) is 3.33. The number of rotatable bonds is 6. The van der Waals surface area contributed by atoms with Crippen LogP contribution in [0.2, 0.25) is 0 Å². The highest BCUT2D eigenvalue weighted by atomic mass is 16.4. The van der Waals surface area contributed by atoms with Crippen LogP contribution in [0, 0.1) is 11.8 Å². The highest BCUT2D eigenvalue weighted by Gasteiger charge is 2.58. The van der Waals surface area contributed by atoms with E-state index >= 15 is 0 Å². The molecule has 1 aliphatic carbocycles. The third kappa shape index (κ3) is 2.80. The SMILES string of the molecule is NC(CCc1cccc2ccccc12)(C(=O)O)C1CC1C(=O)O. The first-order valence-corrected chi connectivity index (χ1v) is 7.65. The van der Waals surface area contributed by atoms with E-state index < -0.39 is 29.3 Å². The van der Waals surface area contributed by atoms with E-state index in [2.05, 4.69) is 0 Å². The van der Waals surface area contributed by atoms with Gasteiger partial charge in [-0.15, -0.1) is 0 Å². The Morgan fingerprint density at radius 1 is 1.13 bits per heavy atom. The van der Waals surface area contributed by atoms with Gasteiger partial charge in [-0.3, -0.25) is 9.59 Å². The zero-order chi connectivity index (χ0) is 16.6. The zero-order valence-corrected chi connectivity index (χ0v) is 12.6. The summed E-state index contributed by atoms with van der Waals surface area (Å²) >= 11 is 0. The molecular formula is C18H19NO4. The summed E-state index contributed by atoms with van der Waals surface area (Å²) in [5.41, 5.74) is 5.65. The maximum absolute atomic E-state index is 11.6. The lowest BCUT2D eigenvalue weighted by Crippen LogP contribution is -2.51. The fourth-order valence-corrected chi connectivity index (χ4v) is 3.34. The second kappa shape index (κ2) is 5.66. The van der Waals surface area contributed by atoms with Gasteiger partial charge in [0.1, 0.15) is 5.54 Å². The summed E-state index contributed by atoms with van der Waals surface area (Å²) in [4.78, 5) is 22.7. The second-order valence-corrected chi connectivity index (χ2v) is 6.27. The molecule has 0 amide bonds. The van der Waals surface area contributed by atoms with E-state index in [-0.39, 0.29) is 6.42 Å². The molecule has 2 aromatic carbocycles. The normalized spacial score (nSPS) is 22.5. The molecule has 0 aromatic heterocycles. The minimum absolute atomic E-state index is 0.227. The number of carbonyl (C=O) groups is 2. The topological polar surface area (TPSA) is 101 Å². The summed E-state index contributed by atoms with van der Waals surface area (Å²) in [6, 6.07) is 13.8. The minimum Gasteiger partial charge on any atom is -0.481 e. The van der Waals surface area contributed by atoms with Crippen molar-refractivity contribution in [3.63, 3.8) is 0 Å². The van der Waals surface area contributed by atoms with Gasteiger partial charge in [0.25, 0.3) is 0 Å². The Balaban J connectivity index is 1.82. The van der Waals surface area contributed by atoms with Crippen molar-refractivity contribution in [2.75, 3.05) is 0 Å². The lowest BCUT2D eigenvalue weighted by molar-refractivity contribution is -0.145. The molecule has 1 fully saturated rings. The molecule has 0 bridgehead atoms. The van der Waals surface area contributed by atoms with Gasteiger partial charge in [-0.05, 0) is 35.6 Å². The van der Waals surface area contributed by atoms with Crippen molar-refractivity contribution in [2.45, 2.75) is 24.8 Å². The molecule has 3 rings (SSSR count). The van der Waals surface area contributed by atoms with E-state index in [4.69, 9.17) is 10.8 Å². The largest absolute Gasteiger partial charge is 0.481 e. The third-order valence-corrected chi connectivity index (χ3v) is 4.86. The quantitative estimate of drug-likeness (QED) is 0.759. The Labute approximate surface area is 133 Å². The van der Waals surface area contributed by atoms with Crippen molar-refractivity contribution in [3.8, 4) is 0 Å². The maximum atomic E-state index is 11.6. The molecule has 0 radical (unpaired) electrons. The Morgan fingerprint density at radius 2 is 1.83 bits per heavy atom. The first-order chi connectivity index (χ1) is 10.9. The minimum atomic E-state index is -1.49. The van der Waals surface area contributed by atoms with E-state index in [0.29, 0.717) is 12.8 Å². The number of nitrogens with two attached hydrogens (primary N) is 1. The Morgan fingerprint density at radius 3 is 2.48 bits per heavy atom. The van der Waals surface area contributed by atoms with Crippen LogP contribution in [0.4, 0.5) is 0 Å². The summed E-state index contributed by atoms with van der Waals surface area (Å²) in [6.45, 7) is 0. The molecule has 23 heavy (non-hydrogen) atoms. The molecule has 0 spiro atoms. The third-order valence-electron chi connectivity index (χ3n) is 4.86. The van der Waals surface area contributed by atoms with Gasteiger partial charge in [0.2, 0.25) is 0 Å². The van der Waals surface area contributed by atoms with Crippen molar-refractivity contribution < 1.29 is 19.8 Å². The van der Waals surface area contributed by atoms with Crippen molar-refractivity contribution >= 4 is 22.7 Å². The molecule has 0 aliphatic heterocycles. The van der Waals surface area contributed by atoms with E-state index in [1.165, 1.54) is 0 Å². The van der Waals surface area contributed by atoms with Gasteiger partial charge in [-0.2, -0.15) is 0 Å². The van der Waals surface area contributed by atoms with Crippen LogP contribution in [-0.2, 0) is 16.0 Å². The maximum Gasteiger partial charge on any atom is 0.324 e. The second-order valence-electron chi connectivity index (χ2n) is 6.27. The Bertz CT molecular complexity index is 767. The van der Waals surface area contributed by atoms with Crippen molar-refractivity contribution in [1.29, 1.82) is 0 Å². The predicted octanol–water partition coefficient (Wildman–Crippen LogP) is 2.28. The average molecular weight is 313 g/mol. The molecule has 3 atom stereocenters. The first kappa shape index (κ1) is 15.5. The summed E-state index contributed by atoms with van der Waals surface area (Å²) in [5.74, 6) is -3.21. The van der Waals surface area contributed by atoms with Crippen molar-refractivity contribution in [2.24, 2.45) is 17.6 Å². The zero-order valence-electron chi connectivity index (χ0n) is 12.6. The number of benzene rings is 2. The van der Waals surface area contributed by atoms with Gasteiger partial charge in [0.05, 0.1) is 5.92 Å². The van der Waals surface area contributed by atoms with Crippen molar-refractivity contribution in [1.82, 2.24) is 0 Å². The number of fused-ring (bicyclic) bond motifs is 1. The predicted molar refractivity (Wildman–Crippen MR) is 86.1 cm³/mol. The molecule has 5 nitrogen and oxygen atoms in total. The van der Waals surface area contributed by atoms with Gasteiger partial charge in [-0.25, -0.2) is 0 Å². The van der Waals surface area contributed by atoms with Gasteiger partial charge in [0.15, 0.2) is 0 Å². The van der Waals surface area contributed by atoms with Crippen LogP contribution >= 0.6 is 0 Å². The highest BCUT2D eigenvalue weighted by molar-refractivity contribution is 5.86. The molecule has 120 valence electrons. The van der Waals surface area contributed by atoms with Crippen LogP contribution in [0.3, 0.4) is 0 Å². The number of aryl methyl sites for hydroxylation is 1. The smallest absolute Gasteiger partial charge is 0.324 e. The summed E-state index contributed by atoms with van der Waals surface area (Å²) in [6.07, 6.45) is 1.07. The fourth-order valence-electron chi connectivity index (χ4n) is 3.34. The van der Waals surface area contributed by atoms with E-state index in [0.717, 1.165) is 16.3 Å². The van der Waals surface area contributed by atoms with E-state index in [9.17, 15) is 14.7 Å². The monoisotopic (exact) mass is 313 g/mol. The molecule has 5 heteroatoms. The Hall–Kier alpha value is -2.40. The summed E-state index contributed by atoms with van der Waals surface area (Å²) in [7, 11) is 0. The fraction of sp³-hybridized carbons (Fsp3) is 0.333. The molecule has 1 saturated carbocycles. The Kier molecular flexibility index (Phi) is 3.82. The van der Waals surface area contributed by atoms with Crippen LogP contribution in [0.1, 0.15) is 18.4 Å². The summed E-state index contributed by atoms with van der Waals surface area (Å²) in [5, 5.41) is 20.7. The molecular weight excluding hydrogens is 294 g/mol. The van der Waals surface area contributed by atoms with Gasteiger partial charge >= 0.3 is 11.9 Å². The number of aliphatic carboxylic acids is 2. The number of hydrogen-bond donors (Lipinski definition) is 3. The van der Waals surface area contributed by atoms with E-state index in [1.54, 1.807) is 0 Å². The molecule has 2 aromatic rings. The summed E-state index contributed by atoms with van der Waals surface area (Å²) < 4.78 is 0. The van der Waals surface area contributed by atoms with Gasteiger partial charge in [-0.1, -0.05) is 42.5 Å². The van der Waals surface area contributed by atoms with Crippen LogP contribution in [0.15, 0.2) is 42.5 Å². The van der Waals surface area contributed by atoms with Gasteiger partial charge < -0.3 is 15.9 Å². The van der Waals surface area contributed by atoms with E-state index in [1.807, 2.05) is 42.5 Å². The number of carboxylic acids is 2. The van der Waals surface area contributed by atoms with Crippen LogP contribution in [-0.4, -0.2) is 27.7 Å².